The summed E-state index contributed by atoms with van der Waals surface area (Å²) in [5, 5.41) is 12.7. The fourth-order valence-corrected chi connectivity index (χ4v) is 3.65. The lowest BCUT2D eigenvalue weighted by molar-refractivity contribution is -0.384. The molecule has 1 atom stereocenters. The lowest BCUT2D eigenvalue weighted by atomic mass is 10.3. The largest absolute Gasteiger partial charge is 0.428 e. The van der Waals surface area contributed by atoms with Crippen molar-refractivity contribution >= 4 is 39.0 Å². The Labute approximate surface area is 126 Å². The van der Waals surface area contributed by atoms with Gasteiger partial charge in [0.15, 0.2) is 5.58 Å². The van der Waals surface area contributed by atoms with Gasteiger partial charge in [-0.05, 0) is 19.0 Å². The second-order valence-corrected chi connectivity index (χ2v) is 6.65. The van der Waals surface area contributed by atoms with Gasteiger partial charge in [-0.1, -0.05) is 0 Å². The van der Waals surface area contributed by atoms with Crippen molar-refractivity contribution in [2.45, 2.75) is 16.9 Å². The zero-order chi connectivity index (χ0) is 14.3. The molecule has 1 N–H and O–H groups in total. The zero-order valence-corrected chi connectivity index (χ0v) is 12.3. The Balaban J connectivity index is 0.00000161. The maximum Gasteiger partial charge on any atom is 0.316 e. The number of nitro benzene ring substituents is 1. The highest BCUT2D eigenvalue weighted by atomic mass is 35.5. The van der Waals surface area contributed by atoms with Crippen molar-refractivity contribution < 1.29 is 17.8 Å². The Morgan fingerprint density at radius 1 is 1.43 bits per heavy atom. The predicted molar refractivity (Wildman–Crippen MR) is 76.4 cm³/mol. The van der Waals surface area contributed by atoms with E-state index in [4.69, 9.17) is 4.42 Å². The van der Waals surface area contributed by atoms with E-state index in [1.165, 1.54) is 18.2 Å². The number of aromatic nitrogens is 1. The quantitative estimate of drug-likeness (QED) is 0.664. The van der Waals surface area contributed by atoms with Gasteiger partial charge in [-0.2, -0.15) is 4.98 Å². The molecule has 0 amide bonds. The number of fused-ring (bicyclic) bond motifs is 1. The second-order valence-electron chi connectivity index (χ2n) is 4.55. The van der Waals surface area contributed by atoms with Gasteiger partial charge in [0.2, 0.25) is 9.84 Å². The summed E-state index contributed by atoms with van der Waals surface area (Å²) >= 11 is 0. The van der Waals surface area contributed by atoms with Crippen LogP contribution in [0, 0.1) is 10.1 Å². The zero-order valence-electron chi connectivity index (χ0n) is 10.7. The maximum atomic E-state index is 12.3. The van der Waals surface area contributed by atoms with Crippen LogP contribution in [0.15, 0.2) is 27.8 Å². The number of rotatable bonds is 3. The van der Waals surface area contributed by atoms with E-state index < -0.39 is 20.0 Å². The molecule has 2 heterocycles. The normalized spacial score (nSPS) is 18.6. The summed E-state index contributed by atoms with van der Waals surface area (Å²) in [6, 6.07) is 3.80. The molecule has 1 aliphatic heterocycles. The lowest BCUT2D eigenvalue weighted by Gasteiger charge is -2.05. The van der Waals surface area contributed by atoms with Crippen molar-refractivity contribution in [3.63, 3.8) is 0 Å². The van der Waals surface area contributed by atoms with E-state index in [9.17, 15) is 18.5 Å². The summed E-state index contributed by atoms with van der Waals surface area (Å²) < 4.78 is 29.8. The first kappa shape index (κ1) is 15.7. The maximum absolute atomic E-state index is 12.3. The van der Waals surface area contributed by atoms with Gasteiger partial charge in [-0.3, -0.25) is 10.1 Å². The van der Waals surface area contributed by atoms with Crippen LogP contribution in [0.1, 0.15) is 6.42 Å². The molecule has 8 nitrogen and oxygen atoms in total. The third kappa shape index (κ3) is 2.71. The molecule has 2 aromatic rings. The number of nitro groups is 1. The van der Waals surface area contributed by atoms with Crippen molar-refractivity contribution in [2.75, 3.05) is 13.1 Å². The summed E-state index contributed by atoms with van der Waals surface area (Å²) in [4.78, 5) is 14.0. The molecule has 1 aromatic heterocycles. The Bertz CT molecular complexity index is 782. The van der Waals surface area contributed by atoms with Crippen LogP contribution in [0.4, 0.5) is 5.69 Å². The van der Waals surface area contributed by atoms with Crippen molar-refractivity contribution in [2.24, 2.45) is 0 Å². The van der Waals surface area contributed by atoms with Crippen LogP contribution < -0.4 is 5.32 Å². The number of benzene rings is 1. The van der Waals surface area contributed by atoms with Gasteiger partial charge in [-0.15, -0.1) is 12.4 Å². The molecular weight excluding hydrogens is 322 g/mol. The first-order valence-electron chi connectivity index (χ1n) is 5.98. The highest BCUT2D eigenvalue weighted by Gasteiger charge is 2.34. The Hall–Kier alpha value is -1.71. The lowest BCUT2D eigenvalue weighted by Crippen LogP contribution is -2.24. The van der Waals surface area contributed by atoms with Gasteiger partial charge >= 0.3 is 5.22 Å². The molecule has 1 fully saturated rings. The van der Waals surface area contributed by atoms with Gasteiger partial charge < -0.3 is 9.73 Å². The molecule has 114 valence electrons. The summed E-state index contributed by atoms with van der Waals surface area (Å²) in [5.74, 6) is 0. The number of hydrogen-bond acceptors (Lipinski definition) is 7. The van der Waals surface area contributed by atoms with Crippen LogP contribution in [-0.2, 0) is 9.84 Å². The summed E-state index contributed by atoms with van der Waals surface area (Å²) in [5.41, 5.74) is 0.237. The summed E-state index contributed by atoms with van der Waals surface area (Å²) in [6.07, 6.45) is 0.501. The van der Waals surface area contributed by atoms with Gasteiger partial charge in [-0.25, -0.2) is 8.42 Å². The van der Waals surface area contributed by atoms with Crippen molar-refractivity contribution in [3.8, 4) is 0 Å². The molecule has 1 unspecified atom stereocenters. The first-order chi connectivity index (χ1) is 9.48. The SMILES string of the molecule is Cl.O=[N+]([O-])c1ccc2oc(S(=O)(=O)C3CCNC3)nc2c1. The van der Waals surface area contributed by atoms with Gasteiger partial charge in [0.1, 0.15) is 5.52 Å². The monoisotopic (exact) mass is 333 g/mol. The van der Waals surface area contributed by atoms with Crippen LogP contribution in [-0.4, -0.2) is 36.7 Å². The molecule has 0 spiro atoms. The number of non-ortho nitro benzene ring substituents is 1. The highest BCUT2D eigenvalue weighted by molar-refractivity contribution is 7.91. The number of nitrogens with one attached hydrogen (secondary N) is 1. The first-order valence-corrected chi connectivity index (χ1v) is 7.53. The van der Waals surface area contributed by atoms with Gasteiger partial charge in [0.25, 0.3) is 5.69 Å². The molecule has 1 aromatic carbocycles. The van der Waals surface area contributed by atoms with Crippen molar-refractivity contribution in [1.29, 1.82) is 0 Å². The van der Waals surface area contributed by atoms with E-state index in [-0.39, 0.29) is 34.4 Å². The molecule has 0 saturated carbocycles. The fourth-order valence-electron chi connectivity index (χ4n) is 2.17. The topological polar surface area (TPSA) is 115 Å². The highest BCUT2D eigenvalue weighted by Crippen LogP contribution is 2.26. The van der Waals surface area contributed by atoms with Crippen LogP contribution in [0.3, 0.4) is 0 Å². The molecule has 0 radical (unpaired) electrons. The van der Waals surface area contributed by atoms with E-state index in [2.05, 4.69) is 10.3 Å². The average molecular weight is 334 g/mol. The minimum absolute atomic E-state index is 0. The number of oxazole rings is 1. The second kappa shape index (κ2) is 5.58. The van der Waals surface area contributed by atoms with Crippen molar-refractivity contribution in [1.82, 2.24) is 10.3 Å². The number of hydrogen-bond donors (Lipinski definition) is 1. The number of sulfone groups is 1. The van der Waals surface area contributed by atoms with E-state index in [1.54, 1.807) is 0 Å². The standard InChI is InChI=1S/C11H11N3O5S.ClH/c15-14(16)7-1-2-10-9(5-7)13-11(19-10)20(17,18)8-3-4-12-6-8;/h1-2,5,8,12H,3-4,6H2;1H. The van der Waals surface area contributed by atoms with Gasteiger partial charge in [0.05, 0.1) is 10.2 Å². The van der Waals surface area contributed by atoms with Crippen LogP contribution >= 0.6 is 12.4 Å². The average Bonchev–Trinajstić information content (AvgIpc) is 3.07. The Morgan fingerprint density at radius 3 is 2.81 bits per heavy atom. The fraction of sp³-hybridized carbons (Fsp3) is 0.364. The minimum Gasteiger partial charge on any atom is -0.428 e. The molecule has 10 heteroatoms. The molecular formula is C11H12ClN3O5S. The molecule has 21 heavy (non-hydrogen) atoms. The predicted octanol–water partition coefficient (Wildman–Crippen LogP) is 1.29. The van der Waals surface area contributed by atoms with Crippen LogP contribution in [0.5, 0.6) is 0 Å². The molecule has 1 saturated heterocycles. The van der Waals surface area contributed by atoms with Crippen LogP contribution in [0.25, 0.3) is 11.1 Å². The molecule has 1 aliphatic rings. The third-order valence-electron chi connectivity index (χ3n) is 3.26. The third-order valence-corrected chi connectivity index (χ3v) is 5.20. The smallest absolute Gasteiger partial charge is 0.316 e. The van der Waals surface area contributed by atoms with E-state index in [0.717, 1.165) is 0 Å². The molecule has 3 rings (SSSR count). The number of halogens is 1. The Morgan fingerprint density at radius 2 is 2.19 bits per heavy atom. The molecule has 0 aliphatic carbocycles. The Kier molecular flexibility index (Phi) is 4.17. The summed E-state index contributed by atoms with van der Waals surface area (Å²) in [7, 11) is -3.64. The van der Waals surface area contributed by atoms with Gasteiger partial charge in [0, 0.05) is 18.7 Å². The van der Waals surface area contributed by atoms with Crippen molar-refractivity contribution in [3.05, 3.63) is 28.3 Å². The minimum atomic E-state index is -3.64. The van der Waals surface area contributed by atoms with E-state index in [1.807, 2.05) is 0 Å². The van der Waals surface area contributed by atoms with E-state index in [0.29, 0.717) is 19.5 Å². The van der Waals surface area contributed by atoms with E-state index >= 15 is 0 Å². The summed E-state index contributed by atoms with van der Waals surface area (Å²) in [6.45, 7) is 0.997. The number of nitrogens with zero attached hydrogens (tertiary/aromatic N) is 2. The van der Waals surface area contributed by atoms with Crippen LogP contribution in [0.2, 0.25) is 0 Å². The molecule has 0 bridgehead atoms.